The van der Waals surface area contributed by atoms with E-state index in [1.807, 2.05) is 31.2 Å². The van der Waals surface area contributed by atoms with Crippen molar-refractivity contribution in [1.82, 2.24) is 10.2 Å². The topological polar surface area (TPSA) is 105 Å². The maximum Gasteiger partial charge on any atom is 0.264 e. The Balaban J connectivity index is 1.47. The summed E-state index contributed by atoms with van der Waals surface area (Å²) in [6.07, 6.45) is 5.11. The summed E-state index contributed by atoms with van der Waals surface area (Å²) in [7, 11) is -4.17. The smallest absolute Gasteiger partial charge is 0.264 e. The molecule has 1 fully saturated rings. The fourth-order valence-corrected chi connectivity index (χ4v) is 6.90. The molecule has 1 aliphatic heterocycles. The molecule has 1 saturated carbocycles. The normalized spacial score (nSPS) is 15.8. The molecule has 9 nitrogen and oxygen atoms in total. The van der Waals surface area contributed by atoms with Gasteiger partial charge in [0, 0.05) is 18.7 Å². The van der Waals surface area contributed by atoms with Gasteiger partial charge in [0.1, 0.15) is 25.8 Å². The molecule has 1 heterocycles. The van der Waals surface area contributed by atoms with Crippen molar-refractivity contribution in [2.75, 3.05) is 24.1 Å². The Morgan fingerprint density at radius 1 is 0.907 bits per heavy atom. The molecule has 0 bridgehead atoms. The number of nitrogens with one attached hydrogen (secondary N) is 1. The van der Waals surface area contributed by atoms with Crippen LogP contribution >= 0.6 is 0 Å². The van der Waals surface area contributed by atoms with Crippen molar-refractivity contribution >= 4 is 27.5 Å². The van der Waals surface area contributed by atoms with Crippen molar-refractivity contribution in [3.8, 4) is 11.5 Å². The van der Waals surface area contributed by atoms with Crippen molar-refractivity contribution in [1.29, 1.82) is 0 Å². The highest BCUT2D eigenvalue weighted by molar-refractivity contribution is 7.92. The molecule has 228 valence electrons. The summed E-state index contributed by atoms with van der Waals surface area (Å²) in [4.78, 5) is 29.2. The van der Waals surface area contributed by atoms with E-state index < -0.39 is 28.5 Å². The van der Waals surface area contributed by atoms with Crippen LogP contribution in [0.4, 0.5) is 5.69 Å². The Morgan fingerprint density at radius 2 is 1.58 bits per heavy atom. The minimum Gasteiger partial charge on any atom is -0.486 e. The van der Waals surface area contributed by atoms with Crippen LogP contribution in [0.25, 0.3) is 0 Å². The van der Waals surface area contributed by atoms with E-state index in [9.17, 15) is 18.0 Å². The van der Waals surface area contributed by atoms with Crippen LogP contribution in [0.1, 0.15) is 50.2 Å². The zero-order chi connectivity index (χ0) is 30.4. The zero-order valence-corrected chi connectivity index (χ0v) is 25.5. The number of aryl methyl sites for hydroxylation is 1. The lowest BCUT2D eigenvalue weighted by molar-refractivity contribution is -0.139. The lowest BCUT2D eigenvalue weighted by Crippen LogP contribution is -2.53. The highest BCUT2D eigenvalue weighted by Crippen LogP contribution is 2.36. The Morgan fingerprint density at radius 3 is 2.28 bits per heavy atom. The first kappa shape index (κ1) is 30.4. The molecule has 0 radical (unpaired) electrons. The van der Waals surface area contributed by atoms with Crippen LogP contribution in [0.5, 0.6) is 11.5 Å². The van der Waals surface area contributed by atoms with E-state index in [2.05, 4.69) is 5.32 Å². The summed E-state index contributed by atoms with van der Waals surface area (Å²) >= 11 is 0. The average Bonchev–Trinajstić information content (AvgIpc) is 3.03. The van der Waals surface area contributed by atoms with Crippen molar-refractivity contribution in [3.05, 3.63) is 83.9 Å². The number of amides is 2. The molecule has 3 aromatic rings. The van der Waals surface area contributed by atoms with Gasteiger partial charge in [0.2, 0.25) is 11.8 Å². The number of anilines is 1. The van der Waals surface area contributed by atoms with E-state index in [1.54, 1.807) is 43.3 Å². The van der Waals surface area contributed by atoms with E-state index in [4.69, 9.17) is 9.47 Å². The van der Waals surface area contributed by atoms with Gasteiger partial charge >= 0.3 is 0 Å². The van der Waals surface area contributed by atoms with Crippen LogP contribution in [0.3, 0.4) is 0 Å². The molecule has 3 aromatic carbocycles. The first-order valence-corrected chi connectivity index (χ1v) is 16.3. The molecule has 0 aromatic heterocycles. The van der Waals surface area contributed by atoms with Gasteiger partial charge in [-0.25, -0.2) is 8.42 Å². The van der Waals surface area contributed by atoms with Gasteiger partial charge in [-0.3, -0.25) is 13.9 Å². The monoisotopic (exact) mass is 605 g/mol. The van der Waals surface area contributed by atoms with Crippen molar-refractivity contribution in [3.63, 3.8) is 0 Å². The van der Waals surface area contributed by atoms with Gasteiger partial charge in [0.15, 0.2) is 11.5 Å². The van der Waals surface area contributed by atoms with Crippen LogP contribution in [-0.4, -0.2) is 57.0 Å². The number of fused-ring (bicyclic) bond motifs is 1. The number of benzene rings is 3. The molecule has 0 spiro atoms. The maximum atomic E-state index is 14.2. The zero-order valence-electron chi connectivity index (χ0n) is 24.7. The average molecular weight is 606 g/mol. The molecule has 1 atom stereocenters. The largest absolute Gasteiger partial charge is 0.486 e. The van der Waals surface area contributed by atoms with Gasteiger partial charge in [-0.05, 0) is 56.5 Å². The highest BCUT2D eigenvalue weighted by Gasteiger charge is 2.33. The number of sulfonamides is 1. The second-order valence-corrected chi connectivity index (χ2v) is 13.0. The number of carbonyl (C=O) groups excluding carboxylic acids is 2. The Kier molecular flexibility index (Phi) is 9.55. The van der Waals surface area contributed by atoms with Crippen molar-refractivity contribution in [2.45, 2.75) is 69.5 Å². The van der Waals surface area contributed by atoms with Crippen molar-refractivity contribution in [2.24, 2.45) is 0 Å². The summed E-state index contributed by atoms with van der Waals surface area (Å²) in [5, 5.41) is 3.13. The first-order valence-electron chi connectivity index (χ1n) is 14.9. The van der Waals surface area contributed by atoms with E-state index >= 15 is 0 Å². The molecule has 43 heavy (non-hydrogen) atoms. The molecule has 2 amide bonds. The summed E-state index contributed by atoms with van der Waals surface area (Å²) in [6.45, 7) is 4.05. The molecule has 1 N–H and O–H groups in total. The fraction of sp³-hybridized carbons (Fsp3) is 0.394. The molecule has 2 aliphatic rings. The SMILES string of the molecule is Cc1ccc(CN(C(=O)CN(c2ccc3c(c2)OCCO3)S(=O)(=O)c2ccccc2)[C@H](C)C(=O)NC2CCCCC2)cc1. The van der Waals surface area contributed by atoms with Crippen LogP contribution in [0, 0.1) is 6.92 Å². The molecule has 0 saturated heterocycles. The number of nitrogens with zero attached hydrogens (tertiary/aromatic N) is 2. The van der Waals surface area contributed by atoms with Crippen LogP contribution in [-0.2, 0) is 26.2 Å². The summed E-state index contributed by atoms with van der Waals surface area (Å²) in [5.41, 5.74) is 2.17. The second-order valence-electron chi connectivity index (χ2n) is 11.2. The predicted octanol–water partition coefficient (Wildman–Crippen LogP) is 4.83. The Labute approximate surface area is 253 Å². The minimum absolute atomic E-state index is 0.0471. The third-order valence-corrected chi connectivity index (χ3v) is 9.80. The summed E-state index contributed by atoms with van der Waals surface area (Å²) in [6, 6.07) is 19.8. The Bertz CT molecular complexity index is 1520. The van der Waals surface area contributed by atoms with Gasteiger partial charge in [-0.15, -0.1) is 0 Å². The van der Waals surface area contributed by atoms with E-state index in [0.717, 1.165) is 47.5 Å². The molecular formula is C33H39N3O6S. The van der Waals surface area contributed by atoms with Crippen LogP contribution in [0.15, 0.2) is 77.7 Å². The van der Waals surface area contributed by atoms with Gasteiger partial charge in [0.25, 0.3) is 10.0 Å². The number of hydrogen-bond acceptors (Lipinski definition) is 6. The van der Waals surface area contributed by atoms with E-state index in [-0.39, 0.29) is 29.1 Å². The van der Waals surface area contributed by atoms with Gasteiger partial charge in [0.05, 0.1) is 10.6 Å². The molecule has 0 unspecified atom stereocenters. The van der Waals surface area contributed by atoms with E-state index in [0.29, 0.717) is 24.7 Å². The molecule has 1 aliphatic carbocycles. The molecular weight excluding hydrogens is 566 g/mol. The predicted molar refractivity (Wildman–Crippen MR) is 165 cm³/mol. The lowest BCUT2D eigenvalue weighted by Gasteiger charge is -2.33. The van der Waals surface area contributed by atoms with Crippen LogP contribution in [0.2, 0.25) is 0 Å². The van der Waals surface area contributed by atoms with Gasteiger partial charge in [-0.1, -0.05) is 67.3 Å². The number of ether oxygens (including phenoxy) is 2. The van der Waals surface area contributed by atoms with Gasteiger partial charge in [-0.2, -0.15) is 0 Å². The van der Waals surface area contributed by atoms with E-state index in [1.165, 1.54) is 17.0 Å². The number of hydrogen-bond donors (Lipinski definition) is 1. The van der Waals surface area contributed by atoms with Crippen molar-refractivity contribution < 1.29 is 27.5 Å². The second kappa shape index (κ2) is 13.5. The Hall–Kier alpha value is -4.05. The van der Waals surface area contributed by atoms with Crippen LogP contribution < -0.4 is 19.1 Å². The summed E-state index contributed by atoms with van der Waals surface area (Å²) < 4.78 is 40.5. The first-order chi connectivity index (χ1) is 20.7. The highest BCUT2D eigenvalue weighted by atomic mass is 32.2. The molecule has 5 rings (SSSR count). The number of carbonyl (C=O) groups is 2. The maximum absolute atomic E-state index is 14.2. The molecule has 10 heteroatoms. The lowest BCUT2D eigenvalue weighted by atomic mass is 9.95. The standard InChI is InChI=1S/C33H39N3O6S/c1-24-13-15-26(16-14-24)22-35(25(2)33(38)34-27-9-5-3-6-10-27)32(37)23-36(43(39,40)29-11-7-4-8-12-29)28-17-18-30-31(21-28)42-20-19-41-30/h4,7-8,11-18,21,25,27H,3,5-6,9-10,19-20,22-23H2,1-2H3,(H,34,38)/t25-/m1/s1. The number of rotatable bonds is 10. The fourth-order valence-electron chi connectivity index (χ4n) is 5.48. The third kappa shape index (κ3) is 7.30. The third-order valence-electron chi connectivity index (χ3n) is 8.02. The minimum atomic E-state index is -4.17. The quantitative estimate of drug-likeness (QED) is 0.355. The van der Waals surface area contributed by atoms with Gasteiger partial charge < -0.3 is 19.7 Å². The summed E-state index contributed by atoms with van der Waals surface area (Å²) in [5.74, 6) is 0.166.